The van der Waals surface area contributed by atoms with Gasteiger partial charge in [-0.1, -0.05) is 54.4 Å². The molecule has 0 spiro atoms. The lowest BCUT2D eigenvalue weighted by atomic mass is 10.0. The Balaban J connectivity index is 2.26. The molecular weight excluding hydrogens is 296 g/mol. The molecule has 20 heavy (non-hydrogen) atoms. The fourth-order valence-electron chi connectivity index (χ4n) is 1.98. The second kappa shape index (κ2) is 7.07. The van der Waals surface area contributed by atoms with Gasteiger partial charge in [0.1, 0.15) is 5.82 Å². The zero-order valence-electron chi connectivity index (χ0n) is 11.2. The molecule has 2 aromatic rings. The summed E-state index contributed by atoms with van der Waals surface area (Å²) in [5.74, 6) is -0.234. The molecule has 0 unspecified atom stereocenters. The van der Waals surface area contributed by atoms with Gasteiger partial charge in [0, 0.05) is 17.7 Å². The van der Waals surface area contributed by atoms with Crippen LogP contribution in [0.5, 0.6) is 0 Å². The molecule has 0 aliphatic heterocycles. The maximum Gasteiger partial charge on any atom is 0.128 e. The molecule has 0 bridgehead atoms. The molecule has 106 valence electrons. The van der Waals surface area contributed by atoms with Gasteiger partial charge in [-0.05, 0) is 30.7 Å². The summed E-state index contributed by atoms with van der Waals surface area (Å²) in [5, 5.41) is 4.10. The number of hydrogen-bond acceptors (Lipinski definition) is 1. The summed E-state index contributed by atoms with van der Waals surface area (Å²) < 4.78 is 14.1. The van der Waals surface area contributed by atoms with Gasteiger partial charge in [-0.2, -0.15) is 0 Å². The fraction of sp³-hybridized carbons (Fsp3) is 0.250. The average molecular weight is 312 g/mol. The Kier molecular flexibility index (Phi) is 5.41. The molecule has 0 aliphatic carbocycles. The van der Waals surface area contributed by atoms with Crippen molar-refractivity contribution < 1.29 is 4.39 Å². The Morgan fingerprint density at radius 1 is 1.15 bits per heavy atom. The highest BCUT2D eigenvalue weighted by atomic mass is 35.5. The third-order valence-electron chi connectivity index (χ3n) is 3.06. The minimum absolute atomic E-state index is 0.234. The Hall–Kier alpha value is -1.09. The zero-order chi connectivity index (χ0) is 14.5. The predicted octanol–water partition coefficient (Wildman–Crippen LogP) is 5.30. The number of rotatable bonds is 5. The normalized spacial score (nSPS) is 10.8. The van der Waals surface area contributed by atoms with Crippen molar-refractivity contribution in [1.82, 2.24) is 5.32 Å². The smallest absolute Gasteiger partial charge is 0.128 e. The molecule has 1 nitrogen and oxygen atoms in total. The van der Waals surface area contributed by atoms with Crippen molar-refractivity contribution in [3.63, 3.8) is 0 Å². The second-order valence-electron chi connectivity index (χ2n) is 4.58. The lowest BCUT2D eigenvalue weighted by Gasteiger charge is -2.09. The van der Waals surface area contributed by atoms with Gasteiger partial charge >= 0.3 is 0 Å². The summed E-state index contributed by atoms with van der Waals surface area (Å²) >= 11 is 12.1. The van der Waals surface area contributed by atoms with Crippen LogP contribution in [0.4, 0.5) is 4.39 Å². The van der Waals surface area contributed by atoms with E-state index in [0.717, 1.165) is 24.1 Å². The lowest BCUT2D eigenvalue weighted by Crippen LogP contribution is -2.14. The number of hydrogen-bond donors (Lipinski definition) is 1. The molecule has 0 fully saturated rings. The quantitative estimate of drug-likeness (QED) is 0.739. The van der Waals surface area contributed by atoms with Gasteiger partial charge in [-0.25, -0.2) is 4.39 Å². The first-order chi connectivity index (χ1) is 9.63. The van der Waals surface area contributed by atoms with Gasteiger partial charge in [0.2, 0.25) is 0 Å². The molecule has 0 aliphatic rings. The molecule has 0 atom stereocenters. The Bertz CT molecular complexity index is 599. The van der Waals surface area contributed by atoms with Crippen LogP contribution in [-0.4, -0.2) is 6.54 Å². The second-order valence-corrected chi connectivity index (χ2v) is 5.37. The Morgan fingerprint density at radius 3 is 2.65 bits per heavy atom. The molecule has 1 N–H and O–H groups in total. The van der Waals surface area contributed by atoms with Gasteiger partial charge in [-0.3, -0.25) is 0 Å². The van der Waals surface area contributed by atoms with E-state index in [9.17, 15) is 4.39 Å². The fourth-order valence-corrected chi connectivity index (χ4v) is 2.39. The van der Waals surface area contributed by atoms with E-state index < -0.39 is 0 Å². The van der Waals surface area contributed by atoms with E-state index in [1.165, 1.54) is 6.07 Å². The van der Waals surface area contributed by atoms with E-state index in [0.29, 0.717) is 22.2 Å². The van der Waals surface area contributed by atoms with Crippen molar-refractivity contribution in [1.29, 1.82) is 0 Å². The van der Waals surface area contributed by atoms with E-state index >= 15 is 0 Å². The topological polar surface area (TPSA) is 12.0 Å². The van der Waals surface area contributed by atoms with Crippen LogP contribution in [0.3, 0.4) is 0 Å². The number of nitrogens with one attached hydrogen (secondary N) is 1. The van der Waals surface area contributed by atoms with E-state index in [4.69, 9.17) is 23.2 Å². The lowest BCUT2D eigenvalue weighted by molar-refractivity contribution is 0.587. The van der Waals surface area contributed by atoms with Crippen molar-refractivity contribution in [2.24, 2.45) is 0 Å². The summed E-state index contributed by atoms with van der Waals surface area (Å²) in [5.41, 5.74) is 2.13. The Morgan fingerprint density at radius 2 is 1.95 bits per heavy atom. The summed E-state index contributed by atoms with van der Waals surface area (Å²) in [6, 6.07) is 10.5. The number of benzene rings is 2. The highest BCUT2D eigenvalue weighted by molar-refractivity contribution is 6.43. The third-order valence-corrected chi connectivity index (χ3v) is 3.88. The summed E-state index contributed by atoms with van der Waals surface area (Å²) in [7, 11) is 0. The maximum atomic E-state index is 14.1. The molecule has 0 saturated heterocycles. The van der Waals surface area contributed by atoms with E-state index in [1.807, 2.05) is 12.1 Å². The molecule has 0 saturated carbocycles. The van der Waals surface area contributed by atoms with E-state index in [1.54, 1.807) is 18.2 Å². The predicted molar refractivity (Wildman–Crippen MR) is 83.9 cm³/mol. The van der Waals surface area contributed by atoms with Gasteiger partial charge in [-0.15, -0.1) is 0 Å². The molecule has 4 heteroatoms. The third kappa shape index (κ3) is 3.51. The summed E-state index contributed by atoms with van der Waals surface area (Å²) in [4.78, 5) is 0. The van der Waals surface area contributed by atoms with Crippen LogP contribution in [-0.2, 0) is 6.54 Å². The molecule has 0 aromatic heterocycles. The van der Waals surface area contributed by atoms with Crippen LogP contribution in [0, 0.1) is 5.82 Å². The minimum atomic E-state index is -0.234. The van der Waals surface area contributed by atoms with E-state index in [2.05, 4.69) is 12.2 Å². The molecule has 2 aromatic carbocycles. The van der Waals surface area contributed by atoms with Crippen molar-refractivity contribution in [3.8, 4) is 11.1 Å². The van der Waals surface area contributed by atoms with Crippen LogP contribution < -0.4 is 5.32 Å². The average Bonchev–Trinajstić information content (AvgIpc) is 2.44. The van der Waals surface area contributed by atoms with Crippen LogP contribution in [0.25, 0.3) is 11.1 Å². The van der Waals surface area contributed by atoms with Gasteiger partial charge in [0.25, 0.3) is 0 Å². The van der Waals surface area contributed by atoms with Crippen LogP contribution in [0.15, 0.2) is 36.4 Å². The first-order valence-corrected chi connectivity index (χ1v) is 7.32. The molecule has 0 heterocycles. The number of halogens is 3. The van der Waals surface area contributed by atoms with Crippen molar-refractivity contribution in [2.75, 3.05) is 6.54 Å². The van der Waals surface area contributed by atoms with Crippen molar-refractivity contribution in [2.45, 2.75) is 19.9 Å². The van der Waals surface area contributed by atoms with Crippen LogP contribution >= 0.6 is 23.2 Å². The van der Waals surface area contributed by atoms with E-state index in [-0.39, 0.29) is 5.82 Å². The molecular formula is C16H16Cl2FN. The largest absolute Gasteiger partial charge is 0.313 e. The standard InChI is InChI=1S/C16H16Cl2FN/c1-2-8-20-10-12-7-6-11(9-15(12)19)13-4-3-5-14(17)16(13)18/h3-7,9,20H,2,8,10H2,1H3. The first-order valence-electron chi connectivity index (χ1n) is 6.57. The zero-order valence-corrected chi connectivity index (χ0v) is 12.7. The van der Waals surface area contributed by atoms with Crippen LogP contribution in [0.1, 0.15) is 18.9 Å². The highest BCUT2D eigenvalue weighted by Crippen LogP contribution is 2.33. The molecule has 0 radical (unpaired) electrons. The first kappa shape index (κ1) is 15.3. The van der Waals surface area contributed by atoms with Crippen molar-refractivity contribution >= 4 is 23.2 Å². The van der Waals surface area contributed by atoms with Gasteiger partial charge in [0.05, 0.1) is 10.0 Å². The minimum Gasteiger partial charge on any atom is -0.313 e. The summed E-state index contributed by atoms with van der Waals surface area (Å²) in [6.45, 7) is 3.48. The Labute approximate surface area is 128 Å². The highest BCUT2D eigenvalue weighted by Gasteiger charge is 2.09. The molecule has 0 amide bonds. The summed E-state index contributed by atoms with van der Waals surface area (Å²) in [6.07, 6.45) is 1.03. The van der Waals surface area contributed by atoms with Crippen molar-refractivity contribution in [3.05, 3.63) is 57.8 Å². The van der Waals surface area contributed by atoms with Gasteiger partial charge in [0.15, 0.2) is 0 Å². The maximum absolute atomic E-state index is 14.1. The monoisotopic (exact) mass is 311 g/mol. The molecule has 2 rings (SSSR count). The van der Waals surface area contributed by atoms with Gasteiger partial charge < -0.3 is 5.32 Å². The SMILES string of the molecule is CCCNCc1ccc(-c2cccc(Cl)c2Cl)cc1F. The van der Waals surface area contributed by atoms with Crippen LogP contribution in [0.2, 0.25) is 10.0 Å².